The Balaban J connectivity index is 5.24. The molecule has 3 unspecified atom stereocenters. The highest BCUT2D eigenvalue weighted by molar-refractivity contribution is 8.50. The first-order chi connectivity index (χ1) is 8.38. The minimum Gasteiger partial charge on any atom is -0.394 e. The fraction of sp³-hybridized carbons (Fsp3) is 1.00. The molecule has 19 heavy (non-hydrogen) atoms. The van der Waals surface area contributed by atoms with Gasteiger partial charge in [-0.2, -0.15) is 0 Å². The van der Waals surface area contributed by atoms with Gasteiger partial charge in [-0.3, -0.25) is 9.48 Å². The molecule has 5 heteroatoms. The molecule has 3 radical (unpaired) electrons. The molecule has 3 atom stereocenters. The molecule has 0 aliphatic heterocycles. The van der Waals surface area contributed by atoms with E-state index in [-0.39, 0.29) is 11.5 Å². The van der Waals surface area contributed by atoms with Gasteiger partial charge >= 0.3 is 8.56 Å². The van der Waals surface area contributed by atoms with Crippen molar-refractivity contribution in [1.82, 2.24) is 0 Å². The summed E-state index contributed by atoms with van der Waals surface area (Å²) in [5.74, 6) is 0. The summed E-state index contributed by atoms with van der Waals surface area (Å²) in [6, 6.07) is 0. The first-order valence-corrected chi connectivity index (χ1v) is 13.3. The van der Waals surface area contributed by atoms with Crippen molar-refractivity contribution in [3.63, 3.8) is 0 Å². The highest BCUT2D eigenvalue weighted by Crippen LogP contribution is 2.47. The molecule has 0 aliphatic rings. The van der Waals surface area contributed by atoms with E-state index in [2.05, 4.69) is 70.0 Å². The van der Waals surface area contributed by atoms with Gasteiger partial charge < -0.3 is 8.85 Å². The van der Waals surface area contributed by atoms with Crippen LogP contribution in [-0.2, 0) is 8.85 Å². The summed E-state index contributed by atoms with van der Waals surface area (Å²) in [7, 11) is 0.899. The molecule has 0 aliphatic carbocycles. The summed E-state index contributed by atoms with van der Waals surface area (Å²) in [4.78, 5) is 0.501. The van der Waals surface area contributed by atoms with Crippen molar-refractivity contribution in [2.45, 2.75) is 65.5 Å². The molecule has 0 heterocycles. The first-order valence-electron chi connectivity index (χ1n) is 7.17. The van der Waals surface area contributed by atoms with Gasteiger partial charge in [-0.1, -0.05) is 27.7 Å². The topological polar surface area (TPSA) is 18.5 Å². The maximum atomic E-state index is 6.53. The molecular formula is C14H33O2SSi2. The summed E-state index contributed by atoms with van der Waals surface area (Å²) in [5, 5.41) is 0. The molecule has 0 N–H and O–H groups in total. The number of hydrogen-bond donors (Lipinski definition) is 0. The molecule has 0 aromatic rings. The van der Waals surface area contributed by atoms with Gasteiger partial charge in [0.25, 0.3) is 0 Å². The molecular weight excluding hydrogens is 288 g/mol. The van der Waals surface area contributed by atoms with Gasteiger partial charge in [-0.15, -0.1) is 0 Å². The second kappa shape index (κ2) is 7.12. The Kier molecular flexibility index (Phi) is 7.38. The smallest absolute Gasteiger partial charge is 0.346 e. The van der Waals surface area contributed by atoms with Crippen molar-refractivity contribution in [1.29, 1.82) is 0 Å². The van der Waals surface area contributed by atoms with Crippen molar-refractivity contribution in [2.24, 2.45) is 5.41 Å². The van der Waals surface area contributed by atoms with E-state index in [4.69, 9.17) is 8.85 Å². The fourth-order valence-corrected chi connectivity index (χ4v) is 13.0. The molecule has 0 amide bonds. The van der Waals surface area contributed by atoms with Crippen molar-refractivity contribution in [2.75, 3.05) is 19.1 Å². The summed E-state index contributed by atoms with van der Waals surface area (Å²) in [5.41, 5.74) is 0.148. The minimum absolute atomic E-state index is 0.148. The maximum Gasteiger partial charge on any atom is 0.346 e. The van der Waals surface area contributed by atoms with E-state index in [9.17, 15) is 0 Å². The van der Waals surface area contributed by atoms with Gasteiger partial charge in [-0.25, -0.2) is 0 Å². The third kappa shape index (κ3) is 5.91. The van der Waals surface area contributed by atoms with Gasteiger partial charge in [0.05, 0.1) is 9.39 Å². The van der Waals surface area contributed by atoms with Gasteiger partial charge in [0.15, 0.2) is 0 Å². The van der Waals surface area contributed by atoms with Crippen LogP contribution in [0.3, 0.4) is 0 Å². The molecule has 0 bridgehead atoms. The summed E-state index contributed by atoms with van der Waals surface area (Å²) >= 11 is 0. The van der Waals surface area contributed by atoms with Crippen LogP contribution in [-0.4, -0.2) is 48.0 Å². The Bertz CT molecular complexity index is 274. The average Bonchev–Trinajstić information content (AvgIpc) is 2.14. The molecule has 0 rings (SSSR count). The number of rotatable bonds is 7. The Labute approximate surface area is 126 Å². The molecule has 115 valence electrons. The van der Waals surface area contributed by atoms with Crippen LogP contribution in [0.2, 0.25) is 6.55 Å². The van der Waals surface area contributed by atoms with E-state index in [0.29, 0.717) is 4.87 Å². The van der Waals surface area contributed by atoms with Gasteiger partial charge in [0.2, 0.25) is 0 Å². The summed E-state index contributed by atoms with van der Waals surface area (Å²) in [6.07, 6.45) is 5.91. The first kappa shape index (κ1) is 19.7. The Hall–Kier alpha value is 0.704. The van der Waals surface area contributed by atoms with Crippen LogP contribution in [0, 0.1) is 5.41 Å². The van der Waals surface area contributed by atoms with E-state index >= 15 is 0 Å². The minimum atomic E-state index is -2.20. The van der Waals surface area contributed by atoms with E-state index in [1.54, 1.807) is 0 Å². The normalized spacial score (nSPS) is 20.7. The quantitative estimate of drug-likeness (QED) is 0.660. The van der Waals surface area contributed by atoms with E-state index < -0.39 is 18.0 Å². The SMILES string of the molecule is CCO[Si](C)(OC(C)C(C)(C)C)C(CC)S(C)(C)[Si]. The lowest BCUT2D eigenvalue weighted by molar-refractivity contribution is 0.0552. The van der Waals surface area contributed by atoms with Crippen LogP contribution in [0.1, 0.15) is 48.0 Å². The predicted molar refractivity (Wildman–Crippen MR) is 92.5 cm³/mol. The largest absolute Gasteiger partial charge is 0.394 e. The Morgan fingerprint density at radius 3 is 1.95 bits per heavy atom. The number of hydrogen-bond acceptors (Lipinski definition) is 2. The zero-order chi connectivity index (χ0) is 15.5. The molecule has 0 aromatic heterocycles. The van der Waals surface area contributed by atoms with E-state index in [1.807, 2.05) is 0 Å². The van der Waals surface area contributed by atoms with Crippen LogP contribution >= 0.6 is 9.48 Å². The van der Waals surface area contributed by atoms with Gasteiger partial charge in [-0.05, 0) is 44.7 Å². The Morgan fingerprint density at radius 1 is 1.21 bits per heavy atom. The van der Waals surface area contributed by atoms with Crippen LogP contribution in [0.5, 0.6) is 0 Å². The van der Waals surface area contributed by atoms with E-state index in [0.717, 1.165) is 13.0 Å². The zero-order valence-corrected chi connectivity index (χ0v) is 17.1. The molecule has 0 saturated carbocycles. The third-order valence-electron chi connectivity index (χ3n) is 3.73. The highest BCUT2D eigenvalue weighted by Gasteiger charge is 2.46. The van der Waals surface area contributed by atoms with Crippen LogP contribution in [0.15, 0.2) is 0 Å². The molecule has 0 fully saturated rings. The van der Waals surface area contributed by atoms with Crippen LogP contribution in [0.4, 0.5) is 0 Å². The maximum absolute atomic E-state index is 6.53. The molecule has 2 nitrogen and oxygen atoms in total. The van der Waals surface area contributed by atoms with Crippen LogP contribution in [0.25, 0.3) is 0 Å². The monoisotopic (exact) mass is 321 g/mol. The standard InChI is InChI=1S/C14H33O2SSi2/c1-10-13(17(7,8)18)19(9,15-11-2)16-12(3)14(4,5)6/h12-13H,10-11H2,1-9H3. The molecule has 0 saturated heterocycles. The van der Waals surface area contributed by atoms with Gasteiger partial charge in [0, 0.05) is 17.6 Å². The predicted octanol–water partition coefficient (Wildman–Crippen LogP) is 4.01. The van der Waals surface area contributed by atoms with Crippen molar-refractivity contribution < 1.29 is 8.85 Å². The lowest BCUT2D eigenvalue weighted by Crippen LogP contribution is -2.55. The highest BCUT2D eigenvalue weighted by atomic mass is 32.4. The van der Waals surface area contributed by atoms with Crippen LogP contribution < -0.4 is 0 Å². The zero-order valence-electron chi connectivity index (χ0n) is 14.3. The second-order valence-electron chi connectivity index (χ2n) is 6.88. The fourth-order valence-electron chi connectivity index (χ4n) is 2.34. The third-order valence-corrected chi connectivity index (χ3v) is 13.4. The summed E-state index contributed by atoms with van der Waals surface area (Å²) in [6.45, 7) is 16.1. The molecule has 0 spiro atoms. The van der Waals surface area contributed by atoms with Crippen molar-refractivity contribution >= 4 is 27.4 Å². The lowest BCUT2D eigenvalue weighted by atomic mass is 9.91. The van der Waals surface area contributed by atoms with Crippen molar-refractivity contribution in [3.05, 3.63) is 0 Å². The summed E-state index contributed by atoms with van der Waals surface area (Å²) < 4.78 is 12.7. The Morgan fingerprint density at radius 2 is 1.68 bits per heavy atom. The van der Waals surface area contributed by atoms with Gasteiger partial charge in [0.1, 0.15) is 0 Å². The molecule has 0 aromatic carbocycles. The van der Waals surface area contributed by atoms with Crippen molar-refractivity contribution in [3.8, 4) is 0 Å². The average molecular weight is 322 g/mol. The van der Waals surface area contributed by atoms with E-state index in [1.165, 1.54) is 0 Å². The second-order valence-corrected chi connectivity index (χ2v) is 17.1. The lowest BCUT2D eigenvalue weighted by Gasteiger charge is -2.47.